The fourth-order valence-corrected chi connectivity index (χ4v) is 2.24. The molecule has 0 saturated carbocycles. The third kappa shape index (κ3) is 1.79. The van der Waals surface area contributed by atoms with Gasteiger partial charge in [0, 0.05) is 17.8 Å². The molecule has 80 valence electrons. The van der Waals surface area contributed by atoms with E-state index in [1.165, 1.54) is 0 Å². The van der Waals surface area contributed by atoms with Crippen molar-refractivity contribution in [2.45, 2.75) is 6.61 Å². The molecular weight excluding hydrogens is 220 g/mol. The van der Waals surface area contributed by atoms with Crippen LogP contribution >= 0.6 is 11.3 Å². The summed E-state index contributed by atoms with van der Waals surface area (Å²) in [6.45, 7) is 0.512. The minimum atomic E-state index is 0.512. The fourth-order valence-electron chi connectivity index (χ4n) is 1.52. The minimum Gasteiger partial charge on any atom is -0.487 e. The van der Waals surface area contributed by atoms with E-state index in [1.54, 1.807) is 11.3 Å². The van der Waals surface area contributed by atoms with Crippen LogP contribution in [-0.4, -0.2) is 9.38 Å². The Morgan fingerprint density at radius 2 is 2.12 bits per heavy atom. The van der Waals surface area contributed by atoms with Crippen LogP contribution in [0.1, 0.15) is 5.69 Å². The molecule has 2 heterocycles. The van der Waals surface area contributed by atoms with E-state index < -0.39 is 0 Å². The molecule has 4 heteroatoms. The van der Waals surface area contributed by atoms with E-state index in [0.717, 1.165) is 16.4 Å². The van der Waals surface area contributed by atoms with Crippen molar-refractivity contribution in [3.63, 3.8) is 0 Å². The largest absolute Gasteiger partial charge is 0.487 e. The van der Waals surface area contributed by atoms with Crippen LogP contribution in [0.25, 0.3) is 4.96 Å². The summed E-state index contributed by atoms with van der Waals surface area (Å²) >= 11 is 1.63. The molecule has 0 saturated heterocycles. The second-order valence-electron chi connectivity index (χ2n) is 3.43. The summed E-state index contributed by atoms with van der Waals surface area (Å²) in [5.74, 6) is 0.874. The summed E-state index contributed by atoms with van der Waals surface area (Å²) in [4.78, 5) is 5.45. The summed E-state index contributed by atoms with van der Waals surface area (Å²) in [6, 6.07) is 9.78. The van der Waals surface area contributed by atoms with Crippen molar-refractivity contribution in [1.82, 2.24) is 9.38 Å². The first-order chi connectivity index (χ1) is 7.92. The maximum absolute atomic E-state index is 5.62. The van der Waals surface area contributed by atoms with Crippen molar-refractivity contribution in [3.05, 3.63) is 53.8 Å². The Bertz CT molecular complexity index is 557. The zero-order chi connectivity index (χ0) is 10.8. The van der Waals surface area contributed by atoms with Gasteiger partial charge in [-0.15, -0.1) is 11.3 Å². The van der Waals surface area contributed by atoms with Crippen LogP contribution in [0, 0.1) is 0 Å². The first-order valence-electron chi connectivity index (χ1n) is 5.01. The van der Waals surface area contributed by atoms with Crippen molar-refractivity contribution in [2.75, 3.05) is 0 Å². The van der Waals surface area contributed by atoms with Crippen molar-refractivity contribution in [1.29, 1.82) is 0 Å². The van der Waals surface area contributed by atoms with E-state index in [0.29, 0.717) is 6.61 Å². The summed E-state index contributed by atoms with van der Waals surface area (Å²) < 4.78 is 7.63. The SMILES string of the molecule is c1ccc(OCc2cn3ccsc3n2)cc1. The number of thiazole rings is 1. The molecule has 1 aromatic carbocycles. The van der Waals surface area contributed by atoms with Gasteiger partial charge in [-0.1, -0.05) is 18.2 Å². The number of rotatable bonds is 3. The van der Waals surface area contributed by atoms with Gasteiger partial charge in [0.1, 0.15) is 12.4 Å². The van der Waals surface area contributed by atoms with Gasteiger partial charge in [-0.05, 0) is 12.1 Å². The lowest BCUT2D eigenvalue weighted by Gasteiger charge is -2.02. The van der Waals surface area contributed by atoms with Gasteiger partial charge >= 0.3 is 0 Å². The zero-order valence-electron chi connectivity index (χ0n) is 8.54. The number of hydrogen-bond donors (Lipinski definition) is 0. The quantitative estimate of drug-likeness (QED) is 0.691. The van der Waals surface area contributed by atoms with Gasteiger partial charge in [-0.2, -0.15) is 0 Å². The van der Waals surface area contributed by atoms with Gasteiger partial charge in [0.15, 0.2) is 4.96 Å². The average molecular weight is 230 g/mol. The number of para-hydroxylation sites is 1. The highest BCUT2D eigenvalue weighted by Crippen LogP contribution is 2.14. The predicted octanol–water partition coefficient (Wildman–Crippen LogP) is 2.97. The zero-order valence-corrected chi connectivity index (χ0v) is 9.35. The molecule has 3 aromatic rings. The number of imidazole rings is 1. The lowest BCUT2D eigenvalue weighted by Crippen LogP contribution is -1.94. The van der Waals surface area contributed by atoms with Crippen LogP contribution in [0.4, 0.5) is 0 Å². The van der Waals surface area contributed by atoms with Crippen LogP contribution < -0.4 is 4.74 Å². The molecule has 0 spiro atoms. The number of benzene rings is 1. The summed E-state index contributed by atoms with van der Waals surface area (Å²) in [7, 11) is 0. The highest BCUT2D eigenvalue weighted by Gasteiger charge is 2.02. The molecule has 0 fully saturated rings. The molecular formula is C12H10N2OS. The first kappa shape index (κ1) is 9.42. The summed E-state index contributed by atoms with van der Waals surface area (Å²) in [5, 5.41) is 2.02. The van der Waals surface area contributed by atoms with Gasteiger partial charge in [0.2, 0.25) is 0 Å². The highest BCUT2D eigenvalue weighted by molar-refractivity contribution is 7.15. The van der Waals surface area contributed by atoms with E-state index in [4.69, 9.17) is 4.74 Å². The maximum atomic E-state index is 5.62. The first-order valence-corrected chi connectivity index (χ1v) is 5.89. The lowest BCUT2D eigenvalue weighted by molar-refractivity contribution is 0.302. The van der Waals surface area contributed by atoms with E-state index in [1.807, 2.05) is 52.5 Å². The number of nitrogens with zero attached hydrogens (tertiary/aromatic N) is 2. The molecule has 0 aliphatic heterocycles. The molecule has 16 heavy (non-hydrogen) atoms. The predicted molar refractivity (Wildman–Crippen MR) is 63.8 cm³/mol. The molecule has 0 amide bonds. The van der Waals surface area contributed by atoms with Crippen LogP contribution in [0.5, 0.6) is 5.75 Å². The summed E-state index contributed by atoms with van der Waals surface area (Å²) in [6.07, 6.45) is 3.99. The van der Waals surface area contributed by atoms with Crippen molar-refractivity contribution in [2.24, 2.45) is 0 Å². The Morgan fingerprint density at radius 3 is 2.94 bits per heavy atom. The van der Waals surface area contributed by atoms with Crippen molar-refractivity contribution < 1.29 is 4.74 Å². The normalized spacial score (nSPS) is 10.8. The molecule has 0 N–H and O–H groups in total. The third-order valence-corrected chi connectivity index (χ3v) is 3.04. The monoisotopic (exact) mass is 230 g/mol. The number of hydrogen-bond acceptors (Lipinski definition) is 3. The topological polar surface area (TPSA) is 26.5 Å². The van der Waals surface area contributed by atoms with Gasteiger partial charge in [0.25, 0.3) is 0 Å². The fraction of sp³-hybridized carbons (Fsp3) is 0.0833. The Kier molecular flexibility index (Phi) is 2.34. The Balaban J connectivity index is 1.74. The molecule has 2 aromatic heterocycles. The molecule has 3 rings (SSSR count). The molecule has 0 radical (unpaired) electrons. The van der Waals surface area contributed by atoms with E-state index in [-0.39, 0.29) is 0 Å². The Hall–Kier alpha value is -1.81. The highest BCUT2D eigenvalue weighted by atomic mass is 32.1. The molecule has 0 bridgehead atoms. The van der Waals surface area contributed by atoms with Crippen LogP contribution in [-0.2, 0) is 6.61 Å². The van der Waals surface area contributed by atoms with Gasteiger partial charge in [0.05, 0.1) is 5.69 Å². The smallest absolute Gasteiger partial charge is 0.193 e. The van der Waals surface area contributed by atoms with E-state index in [2.05, 4.69) is 4.98 Å². The second-order valence-corrected chi connectivity index (χ2v) is 4.30. The standard InChI is InChI=1S/C12H10N2OS/c1-2-4-11(5-3-1)15-9-10-8-14-6-7-16-12(14)13-10/h1-8H,9H2. The maximum Gasteiger partial charge on any atom is 0.193 e. The molecule has 0 unspecified atom stereocenters. The number of fused-ring (bicyclic) bond motifs is 1. The third-order valence-electron chi connectivity index (χ3n) is 2.27. The second kappa shape index (κ2) is 3.98. The van der Waals surface area contributed by atoms with Gasteiger partial charge in [-0.3, -0.25) is 4.40 Å². The molecule has 0 atom stereocenters. The number of ether oxygens (including phenoxy) is 1. The number of aromatic nitrogens is 2. The Morgan fingerprint density at radius 1 is 1.25 bits per heavy atom. The van der Waals surface area contributed by atoms with Crippen molar-refractivity contribution in [3.8, 4) is 5.75 Å². The molecule has 3 nitrogen and oxygen atoms in total. The van der Waals surface area contributed by atoms with Crippen LogP contribution in [0.15, 0.2) is 48.1 Å². The Labute approximate surface area is 96.9 Å². The molecule has 0 aliphatic rings. The van der Waals surface area contributed by atoms with Gasteiger partial charge in [-0.25, -0.2) is 4.98 Å². The van der Waals surface area contributed by atoms with E-state index in [9.17, 15) is 0 Å². The summed E-state index contributed by atoms with van der Waals surface area (Å²) in [5.41, 5.74) is 0.954. The average Bonchev–Trinajstić information content (AvgIpc) is 2.88. The van der Waals surface area contributed by atoms with Crippen molar-refractivity contribution >= 4 is 16.3 Å². The van der Waals surface area contributed by atoms with Crippen LogP contribution in [0.2, 0.25) is 0 Å². The molecule has 0 aliphatic carbocycles. The van der Waals surface area contributed by atoms with E-state index >= 15 is 0 Å². The van der Waals surface area contributed by atoms with Crippen LogP contribution in [0.3, 0.4) is 0 Å². The lowest BCUT2D eigenvalue weighted by atomic mass is 10.3. The van der Waals surface area contributed by atoms with Gasteiger partial charge < -0.3 is 4.74 Å². The minimum absolute atomic E-state index is 0.512.